The smallest absolute Gasteiger partial charge is 0.321 e. The highest BCUT2D eigenvalue weighted by Crippen LogP contribution is 1.80. The average Bonchev–Trinajstić information content (AvgIpc) is 1.81. The molecule has 42 valence electrons. The SMILES string of the molecule is [2H]SC[C@H](C(=O)O)N([2H])[2H]. The molecule has 0 heterocycles. The van der Waals surface area contributed by atoms with E-state index in [2.05, 4.69) is 0 Å². The highest BCUT2D eigenvalue weighted by molar-refractivity contribution is 7.80. The Kier molecular flexibility index (Phi) is 1.21. The number of aliphatic carboxylic acids is 1. The fraction of sp³-hybridized carbons (Fsp3) is 0.667. The summed E-state index contributed by atoms with van der Waals surface area (Å²) in [5, 5.41) is 8.30. The third kappa shape index (κ3) is 2.47. The second-order valence-electron chi connectivity index (χ2n) is 1.02. The lowest BCUT2D eigenvalue weighted by atomic mass is 10.4. The largest absolute Gasteiger partial charge is 0.480 e. The van der Waals surface area contributed by atoms with E-state index >= 15 is 0 Å². The van der Waals surface area contributed by atoms with E-state index in [1.165, 1.54) is 0 Å². The Hall–Kier alpha value is -0.220. The number of nitrogens with two attached hydrogens (primary N) is 1. The van der Waals surface area contributed by atoms with Crippen LogP contribution in [0.1, 0.15) is 0 Å². The fourth-order valence-corrected chi connectivity index (χ4v) is 0.214. The molecule has 0 aliphatic heterocycles. The second kappa shape index (κ2) is 2.87. The van der Waals surface area contributed by atoms with Gasteiger partial charge in [0.25, 0.3) is 0 Å². The van der Waals surface area contributed by atoms with Gasteiger partial charge in [-0.3, -0.25) is 4.79 Å². The Bertz CT molecular complexity index is 122. The lowest BCUT2D eigenvalue weighted by Crippen LogP contribution is -2.31. The minimum absolute atomic E-state index is 0.0671. The Balaban J connectivity index is 3.85. The van der Waals surface area contributed by atoms with Gasteiger partial charge in [0, 0.05) is 5.75 Å². The number of carbonyl (C=O) groups is 1. The van der Waals surface area contributed by atoms with Gasteiger partial charge in [-0.05, 0) is 0 Å². The number of thiol groups is 1. The zero-order chi connectivity index (χ0) is 8.15. The molecule has 0 rings (SSSR count). The van der Waals surface area contributed by atoms with Crippen molar-refractivity contribution in [1.82, 2.24) is 0 Å². The third-order valence-corrected chi connectivity index (χ3v) is 0.759. The highest BCUT2D eigenvalue weighted by Gasteiger charge is 2.06. The van der Waals surface area contributed by atoms with Crippen molar-refractivity contribution >= 4 is 18.5 Å². The summed E-state index contributed by atoms with van der Waals surface area (Å²) < 4.78 is 19.8. The van der Waals surface area contributed by atoms with Crippen LogP contribution in [0.4, 0.5) is 0 Å². The van der Waals surface area contributed by atoms with E-state index in [-0.39, 0.29) is 11.5 Å². The lowest BCUT2D eigenvalue weighted by Gasteiger charge is -1.96. The molecule has 7 heavy (non-hydrogen) atoms. The van der Waals surface area contributed by atoms with Crippen LogP contribution in [0.2, 0.25) is 2.82 Å². The molecule has 3 nitrogen and oxygen atoms in total. The lowest BCUT2D eigenvalue weighted by molar-refractivity contribution is -0.137. The summed E-state index contributed by atoms with van der Waals surface area (Å²) in [4.78, 5) is 10.2. The molecule has 1 atom stereocenters. The van der Waals surface area contributed by atoms with Crippen molar-refractivity contribution in [2.45, 2.75) is 6.04 Å². The van der Waals surface area contributed by atoms with Crippen LogP contribution < -0.4 is 5.72 Å². The zero-order valence-corrected chi connectivity index (χ0v) is 4.31. The van der Waals surface area contributed by atoms with Crippen LogP contribution in [0, 0.1) is 0 Å². The van der Waals surface area contributed by atoms with E-state index in [4.69, 9.17) is 9.05 Å². The second-order valence-corrected chi connectivity index (χ2v) is 1.35. The maximum atomic E-state index is 10.2. The highest BCUT2D eigenvalue weighted by atomic mass is 32.1. The molecule has 0 aliphatic carbocycles. The molecule has 0 saturated carbocycles. The van der Waals surface area contributed by atoms with Crippen molar-refractivity contribution in [3.05, 3.63) is 0 Å². The monoisotopic (exact) mass is 124 g/mol. The van der Waals surface area contributed by atoms with Crippen LogP contribution in [0.3, 0.4) is 0 Å². The number of carboxylic acid groups (broad SMARTS) is 1. The fourth-order valence-electron chi connectivity index (χ4n) is 0.0713. The number of hydrogen-bond donors (Lipinski definition) is 3. The van der Waals surface area contributed by atoms with Gasteiger partial charge in [0.2, 0.25) is 0 Å². The Morgan fingerprint density at radius 2 is 3.14 bits per heavy atom. The van der Waals surface area contributed by atoms with Gasteiger partial charge in [-0.1, -0.05) is 0 Å². The third-order valence-electron chi connectivity index (χ3n) is 0.443. The molecule has 0 amide bonds. The van der Waals surface area contributed by atoms with Crippen molar-refractivity contribution in [1.29, 1.82) is 1.12 Å². The van der Waals surface area contributed by atoms with Crippen LogP contribution in [-0.4, -0.2) is 24.0 Å². The first-order valence-corrected chi connectivity index (χ1v) is 2.25. The molecular weight excluding hydrogens is 114 g/mol. The summed E-state index contributed by atoms with van der Waals surface area (Å²) >= 11 is 0.554. The minimum atomic E-state index is -1.25. The average molecular weight is 124 g/mol. The molecule has 0 aromatic rings. The molecule has 0 radical (unpaired) electrons. The summed E-state index contributed by atoms with van der Waals surface area (Å²) in [5.41, 5.74) is 0.0872. The van der Waals surface area contributed by atoms with Crippen molar-refractivity contribution in [3.63, 3.8) is 0 Å². The van der Waals surface area contributed by atoms with E-state index in [0.29, 0.717) is 12.5 Å². The quantitative estimate of drug-likeness (QED) is 0.435. The summed E-state index contributed by atoms with van der Waals surface area (Å²) in [7, 11) is 0. The van der Waals surface area contributed by atoms with E-state index in [1.54, 1.807) is 0 Å². The standard InChI is InChI=1S/C3H7NO2S/c4-2(1-7)3(5)6/h2,7H,1,4H2,(H,5,6)/t2-/m1/s1/i/hD3. The normalized spacial score (nSPS) is 19.9. The number of rotatable bonds is 4. The van der Waals surface area contributed by atoms with Gasteiger partial charge in [0.05, 0.1) is 0 Å². The molecule has 0 fully saturated rings. The van der Waals surface area contributed by atoms with Crippen LogP contribution >= 0.6 is 12.5 Å². The predicted molar refractivity (Wildman–Crippen MR) is 29.5 cm³/mol. The molecular formula is C3H7NO2S. The van der Waals surface area contributed by atoms with Gasteiger partial charge in [-0.15, -0.1) is 0 Å². The molecule has 0 aliphatic rings. The van der Waals surface area contributed by atoms with Crippen LogP contribution in [0.5, 0.6) is 0 Å². The predicted octanol–water partition coefficient (Wildman–Crippen LogP) is -0.672. The van der Waals surface area contributed by atoms with Crippen LogP contribution in [0.25, 0.3) is 0 Å². The Morgan fingerprint density at radius 3 is 3.29 bits per heavy atom. The first kappa shape index (κ1) is 2.94. The Labute approximate surface area is 50.9 Å². The molecule has 0 unspecified atom stereocenters. The van der Waals surface area contributed by atoms with Gasteiger partial charge in [-0.25, -0.2) is 0 Å². The molecule has 0 spiro atoms. The van der Waals surface area contributed by atoms with Crippen molar-refractivity contribution < 1.29 is 12.7 Å². The molecule has 0 saturated heterocycles. The molecule has 3 N–H and O–H groups in total. The van der Waals surface area contributed by atoms with E-state index in [9.17, 15) is 4.79 Å². The van der Waals surface area contributed by atoms with Gasteiger partial charge in [0.1, 0.15) is 9.99 Å². The maximum Gasteiger partial charge on any atom is 0.321 e. The van der Waals surface area contributed by atoms with Crippen molar-refractivity contribution in [2.24, 2.45) is 5.72 Å². The van der Waals surface area contributed by atoms with Gasteiger partial charge in [0.15, 0.2) is 0 Å². The van der Waals surface area contributed by atoms with Crippen molar-refractivity contribution in [2.75, 3.05) is 5.75 Å². The summed E-state index contributed by atoms with van der Waals surface area (Å²) in [6.45, 7) is 0. The first-order chi connectivity index (χ1) is 4.59. The summed E-state index contributed by atoms with van der Waals surface area (Å²) in [6, 6.07) is -1.21. The van der Waals surface area contributed by atoms with Crippen LogP contribution in [-0.2, 0) is 4.79 Å². The molecule has 0 bridgehead atoms. The maximum absolute atomic E-state index is 10.2. The topological polar surface area (TPSA) is 63.3 Å². The molecule has 0 aromatic carbocycles. The Morgan fingerprint density at radius 1 is 2.43 bits per heavy atom. The first-order valence-electron chi connectivity index (χ1n) is 2.97. The zero-order valence-electron chi connectivity index (χ0n) is 6.50. The molecule has 0 aromatic heterocycles. The van der Waals surface area contributed by atoms with E-state index in [0.717, 1.165) is 0 Å². The van der Waals surface area contributed by atoms with E-state index in [1.807, 2.05) is 0 Å². The minimum Gasteiger partial charge on any atom is -0.480 e. The van der Waals surface area contributed by atoms with Gasteiger partial charge < -0.3 is 10.8 Å². The van der Waals surface area contributed by atoms with E-state index < -0.39 is 12.0 Å². The summed E-state index contributed by atoms with van der Waals surface area (Å²) in [5.74, 6) is -1.31. The van der Waals surface area contributed by atoms with Gasteiger partial charge in [-0.2, -0.15) is 12.5 Å². The van der Waals surface area contributed by atoms with Crippen molar-refractivity contribution in [3.8, 4) is 0 Å². The van der Waals surface area contributed by atoms with Crippen LogP contribution in [0.15, 0.2) is 0 Å². The number of hydrogen-bond acceptors (Lipinski definition) is 3. The van der Waals surface area contributed by atoms with Gasteiger partial charge >= 0.3 is 5.97 Å². The summed E-state index contributed by atoms with van der Waals surface area (Å²) in [6.07, 6.45) is 0. The molecule has 4 heteroatoms. The number of carboxylic acids is 1.